The van der Waals surface area contributed by atoms with Crippen molar-refractivity contribution in [2.24, 2.45) is 17.8 Å². The molecule has 28 heavy (non-hydrogen) atoms. The van der Waals surface area contributed by atoms with E-state index < -0.39 is 17.7 Å². The first-order valence-corrected chi connectivity index (χ1v) is 9.51. The Kier molecular flexibility index (Phi) is 4.44. The minimum atomic E-state index is -4.56. The first kappa shape index (κ1) is 18.9. The Labute approximate surface area is 161 Å². The van der Waals surface area contributed by atoms with Crippen LogP contribution in [0.15, 0.2) is 6.07 Å². The number of aromatic nitrogens is 1. The summed E-state index contributed by atoms with van der Waals surface area (Å²) in [6, 6.07) is 1.16. The summed E-state index contributed by atoms with van der Waals surface area (Å²) in [5, 5.41) is 9.05. The van der Waals surface area contributed by atoms with Gasteiger partial charge in [-0.05, 0) is 43.6 Å². The standard InChI is InChI=1S/C20H22F3N3O2/c1-3-14-16(20(21,22)23)8-17(24-19(14)26-5-4-11(26)2)25-9-12-6-13(10-25)15(12)7-18(27)28/h1,8,11-13,15H,4-7,9-10H2,2H3,(H,27,28)/t11-,12-,13+,15?/m0/s1. The number of aliphatic carboxylic acids is 1. The van der Waals surface area contributed by atoms with E-state index in [1.165, 1.54) is 0 Å². The molecule has 1 N–H and O–H groups in total. The fraction of sp³-hybridized carbons (Fsp3) is 0.600. The minimum absolute atomic E-state index is 0.102. The van der Waals surface area contributed by atoms with Gasteiger partial charge in [0.2, 0.25) is 0 Å². The second-order valence-corrected chi connectivity index (χ2v) is 8.12. The van der Waals surface area contributed by atoms with Crippen molar-refractivity contribution in [2.75, 3.05) is 29.4 Å². The summed E-state index contributed by atoms with van der Waals surface area (Å²) < 4.78 is 41.1. The van der Waals surface area contributed by atoms with Crippen molar-refractivity contribution in [1.82, 2.24) is 4.98 Å². The Bertz CT molecular complexity index is 836. The van der Waals surface area contributed by atoms with Crippen LogP contribution in [0.4, 0.5) is 24.8 Å². The molecule has 4 aliphatic rings. The number of hydrogen-bond acceptors (Lipinski definition) is 4. The van der Waals surface area contributed by atoms with Crippen molar-refractivity contribution in [2.45, 2.75) is 38.4 Å². The smallest absolute Gasteiger partial charge is 0.417 e. The van der Waals surface area contributed by atoms with Crippen molar-refractivity contribution in [3.05, 3.63) is 17.2 Å². The number of anilines is 2. The molecule has 1 unspecified atom stereocenters. The highest BCUT2D eigenvalue weighted by atomic mass is 19.4. The summed E-state index contributed by atoms with van der Waals surface area (Å²) in [6.07, 6.45) is 2.83. The van der Waals surface area contributed by atoms with Crippen LogP contribution in [0, 0.1) is 30.1 Å². The number of rotatable bonds is 4. The Morgan fingerprint density at radius 1 is 1.39 bits per heavy atom. The summed E-state index contributed by atoms with van der Waals surface area (Å²) in [5.41, 5.74) is -1.02. The van der Waals surface area contributed by atoms with Gasteiger partial charge < -0.3 is 14.9 Å². The second kappa shape index (κ2) is 6.57. The molecule has 3 saturated heterocycles. The molecule has 0 amide bonds. The molecule has 0 spiro atoms. The van der Waals surface area contributed by atoms with Crippen molar-refractivity contribution in [3.63, 3.8) is 0 Å². The molecule has 5 nitrogen and oxygen atoms in total. The predicted octanol–water partition coefficient (Wildman–Crippen LogP) is 3.23. The van der Waals surface area contributed by atoms with E-state index in [1.54, 1.807) is 0 Å². The molecule has 4 fully saturated rings. The van der Waals surface area contributed by atoms with Gasteiger partial charge in [0.25, 0.3) is 0 Å². The van der Waals surface area contributed by atoms with E-state index in [0.717, 1.165) is 18.9 Å². The molecule has 2 bridgehead atoms. The van der Waals surface area contributed by atoms with Crippen molar-refractivity contribution >= 4 is 17.6 Å². The zero-order chi connectivity index (χ0) is 20.2. The lowest BCUT2D eigenvalue weighted by Gasteiger charge is -2.54. The third kappa shape index (κ3) is 3.07. The molecule has 150 valence electrons. The number of nitrogens with zero attached hydrogens (tertiary/aromatic N) is 3. The second-order valence-electron chi connectivity index (χ2n) is 8.12. The Balaban J connectivity index is 1.68. The maximum atomic E-state index is 13.7. The molecular formula is C20H22F3N3O2. The number of fused-ring (bicyclic) bond motifs is 2. The van der Waals surface area contributed by atoms with Crippen LogP contribution in [0.25, 0.3) is 0 Å². The first-order chi connectivity index (χ1) is 13.2. The number of alkyl halides is 3. The average molecular weight is 393 g/mol. The van der Waals surface area contributed by atoms with E-state index in [2.05, 4.69) is 10.9 Å². The van der Waals surface area contributed by atoms with Crippen LogP contribution in [-0.2, 0) is 11.0 Å². The van der Waals surface area contributed by atoms with Crippen LogP contribution in [0.1, 0.15) is 37.3 Å². The lowest BCUT2D eigenvalue weighted by molar-refractivity contribution is -0.141. The summed E-state index contributed by atoms with van der Waals surface area (Å²) in [7, 11) is 0. The van der Waals surface area contributed by atoms with Crippen LogP contribution in [0.3, 0.4) is 0 Å². The predicted molar refractivity (Wildman–Crippen MR) is 98.2 cm³/mol. The third-order valence-electron chi connectivity index (χ3n) is 6.49. The zero-order valence-corrected chi connectivity index (χ0v) is 15.5. The highest BCUT2D eigenvalue weighted by Crippen LogP contribution is 2.49. The lowest BCUT2D eigenvalue weighted by Crippen LogP contribution is -2.56. The van der Waals surface area contributed by atoms with Gasteiger partial charge in [0.05, 0.1) is 11.1 Å². The molecular weight excluding hydrogens is 371 g/mol. The number of terminal acetylenes is 1. The van der Waals surface area contributed by atoms with Gasteiger partial charge in [-0.15, -0.1) is 6.42 Å². The molecule has 4 atom stereocenters. The van der Waals surface area contributed by atoms with Gasteiger partial charge in [-0.2, -0.15) is 13.2 Å². The fourth-order valence-electron chi connectivity index (χ4n) is 4.80. The molecule has 0 radical (unpaired) electrons. The van der Waals surface area contributed by atoms with E-state index in [0.29, 0.717) is 19.6 Å². The number of pyridine rings is 1. The van der Waals surface area contributed by atoms with Gasteiger partial charge in [-0.25, -0.2) is 4.98 Å². The van der Waals surface area contributed by atoms with Crippen molar-refractivity contribution < 1.29 is 23.1 Å². The van der Waals surface area contributed by atoms with Gasteiger partial charge in [-0.3, -0.25) is 4.79 Å². The van der Waals surface area contributed by atoms with Crippen LogP contribution in [0.5, 0.6) is 0 Å². The molecule has 1 aromatic heterocycles. The molecule has 3 aliphatic heterocycles. The van der Waals surface area contributed by atoms with Gasteiger partial charge in [0.15, 0.2) is 0 Å². The van der Waals surface area contributed by atoms with Crippen LogP contribution < -0.4 is 9.80 Å². The highest BCUT2D eigenvalue weighted by Gasteiger charge is 2.48. The average Bonchev–Trinajstić information content (AvgIpc) is 2.63. The SMILES string of the molecule is C#Cc1c(C(F)(F)F)cc(N2C[C@H]3C[C@@H](C2)C3CC(=O)O)nc1N1CC[C@@H]1C. The number of halogens is 3. The Morgan fingerprint density at radius 2 is 2.07 bits per heavy atom. The van der Waals surface area contributed by atoms with E-state index in [-0.39, 0.29) is 47.4 Å². The molecule has 1 saturated carbocycles. The van der Waals surface area contributed by atoms with E-state index >= 15 is 0 Å². The van der Waals surface area contributed by atoms with Crippen LogP contribution in [-0.4, -0.2) is 41.7 Å². The molecule has 1 aromatic rings. The van der Waals surface area contributed by atoms with E-state index in [1.807, 2.05) is 16.7 Å². The molecule has 4 heterocycles. The third-order valence-corrected chi connectivity index (χ3v) is 6.49. The summed E-state index contributed by atoms with van der Waals surface area (Å²) in [4.78, 5) is 19.3. The molecule has 5 rings (SSSR count). The zero-order valence-electron chi connectivity index (χ0n) is 15.5. The quantitative estimate of drug-likeness (QED) is 0.796. The van der Waals surface area contributed by atoms with Gasteiger partial charge >= 0.3 is 12.1 Å². The highest BCUT2D eigenvalue weighted by molar-refractivity contribution is 5.68. The number of carbonyl (C=O) groups is 1. The van der Waals surface area contributed by atoms with Crippen LogP contribution >= 0.6 is 0 Å². The largest absolute Gasteiger partial charge is 0.481 e. The maximum absolute atomic E-state index is 13.7. The van der Waals surface area contributed by atoms with E-state index in [9.17, 15) is 18.0 Å². The van der Waals surface area contributed by atoms with Crippen molar-refractivity contribution in [3.8, 4) is 12.3 Å². The maximum Gasteiger partial charge on any atom is 0.417 e. The lowest BCUT2D eigenvalue weighted by atomic mass is 9.60. The Hall–Kier alpha value is -2.43. The monoisotopic (exact) mass is 393 g/mol. The number of carboxylic acid groups (broad SMARTS) is 1. The summed E-state index contributed by atoms with van der Waals surface area (Å²) >= 11 is 0. The molecule has 8 heteroatoms. The number of hydrogen-bond donors (Lipinski definition) is 1. The van der Waals surface area contributed by atoms with E-state index in [4.69, 9.17) is 11.5 Å². The van der Waals surface area contributed by atoms with Gasteiger partial charge in [0, 0.05) is 32.1 Å². The van der Waals surface area contributed by atoms with Crippen molar-refractivity contribution in [1.29, 1.82) is 0 Å². The summed E-state index contributed by atoms with van der Waals surface area (Å²) in [5.74, 6) is 2.37. The number of piperidine rings is 2. The minimum Gasteiger partial charge on any atom is -0.481 e. The van der Waals surface area contributed by atoms with Gasteiger partial charge in [-0.1, -0.05) is 5.92 Å². The molecule has 0 aromatic carbocycles. The number of carboxylic acids is 1. The normalized spacial score (nSPS) is 29.0. The van der Waals surface area contributed by atoms with Crippen LogP contribution in [0.2, 0.25) is 0 Å². The first-order valence-electron chi connectivity index (χ1n) is 9.51. The van der Waals surface area contributed by atoms with Gasteiger partial charge in [0.1, 0.15) is 11.6 Å². The fourth-order valence-corrected chi connectivity index (χ4v) is 4.80. The molecule has 1 aliphatic carbocycles. The summed E-state index contributed by atoms with van der Waals surface area (Å²) in [6.45, 7) is 3.64. The topological polar surface area (TPSA) is 56.7 Å². The Morgan fingerprint density at radius 3 is 2.54 bits per heavy atom.